The lowest BCUT2D eigenvalue weighted by atomic mass is 10.4. The first-order valence-electron chi connectivity index (χ1n) is 3.23. The lowest BCUT2D eigenvalue weighted by Crippen LogP contribution is -2.22. The number of hydrogen-bond acceptors (Lipinski definition) is 3. The molecule has 0 amide bonds. The molecule has 0 spiro atoms. The van der Waals surface area contributed by atoms with Crippen LogP contribution in [0.1, 0.15) is 13.8 Å². The minimum atomic E-state index is -0.359. The van der Waals surface area contributed by atoms with E-state index in [1.54, 1.807) is 21.0 Å². The summed E-state index contributed by atoms with van der Waals surface area (Å²) in [6.45, 7) is 6.85. The summed E-state index contributed by atoms with van der Waals surface area (Å²) in [6, 6.07) is 0. The first-order valence-corrected chi connectivity index (χ1v) is 4.21. The third-order valence-electron chi connectivity index (χ3n) is 0.916. The van der Waals surface area contributed by atoms with Crippen LogP contribution in [-0.4, -0.2) is 28.6 Å². The van der Waals surface area contributed by atoms with E-state index in [1.165, 1.54) is 0 Å². The van der Waals surface area contributed by atoms with Crippen LogP contribution < -0.4 is 0 Å². The van der Waals surface area contributed by atoms with Gasteiger partial charge in [-0.05, 0) is 13.8 Å². The van der Waals surface area contributed by atoms with E-state index in [0.717, 1.165) is 0 Å². The maximum absolute atomic E-state index is 10.9. The summed E-state index contributed by atoms with van der Waals surface area (Å²) in [5, 5.41) is 0. The van der Waals surface area contributed by atoms with Crippen LogP contribution in [0.4, 0.5) is 0 Å². The SMILES string of the molecule is C=C(C)C(=O)OC(C)[Si]OC. The molecule has 0 aromatic carbocycles. The molecule has 0 aromatic rings. The third-order valence-corrected chi connectivity index (χ3v) is 1.60. The van der Waals surface area contributed by atoms with Gasteiger partial charge in [0.15, 0.2) is 0 Å². The molecule has 0 bridgehead atoms. The van der Waals surface area contributed by atoms with Gasteiger partial charge in [-0.2, -0.15) is 0 Å². The van der Waals surface area contributed by atoms with E-state index in [9.17, 15) is 4.79 Å². The van der Waals surface area contributed by atoms with Crippen molar-refractivity contribution < 1.29 is 14.0 Å². The summed E-state index contributed by atoms with van der Waals surface area (Å²) in [6.07, 6.45) is 0. The van der Waals surface area contributed by atoms with Crippen molar-refractivity contribution in [3.8, 4) is 0 Å². The maximum atomic E-state index is 10.9. The molecule has 0 aliphatic carbocycles. The Hall–Kier alpha value is -0.613. The number of carbonyl (C=O) groups excluding carboxylic acids is 1. The molecule has 0 aliphatic heterocycles. The fourth-order valence-electron chi connectivity index (χ4n) is 0.451. The highest BCUT2D eigenvalue weighted by atomic mass is 28.2. The van der Waals surface area contributed by atoms with Crippen LogP contribution in [0.25, 0.3) is 0 Å². The van der Waals surface area contributed by atoms with Crippen LogP contribution in [0.2, 0.25) is 0 Å². The number of esters is 1. The predicted octanol–water partition coefficient (Wildman–Crippen LogP) is 0.717. The van der Waals surface area contributed by atoms with Crippen LogP contribution in [-0.2, 0) is 14.0 Å². The zero-order valence-electron chi connectivity index (χ0n) is 7.01. The quantitative estimate of drug-likeness (QED) is 0.356. The highest BCUT2D eigenvalue weighted by Crippen LogP contribution is 1.96. The molecular formula is C7H12O3Si. The third kappa shape index (κ3) is 4.75. The Balaban J connectivity index is 3.66. The Bertz CT molecular complexity index is 156. The monoisotopic (exact) mass is 172 g/mol. The largest absolute Gasteiger partial charge is 0.461 e. The molecule has 0 heterocycles. The van der Waals surface area contributed by atoms with Gasteiger partial charge in [0.05, 0.1) is 0 Å². The van der Waals surface area contributed by atoms with E-state index >= 15 is 0 Å². The Morgan fingerprint density at radius 2 is 2.18 bits per heavy atom. The molecule has 4 heteroatoms. The molecule has 3 nitrogen and oxygen atoms in total. The van der Waals surface area contributed by atoms with E-state index in [-0.39, 0.29) is 21.5 Å². The standard InChI is InChI=1S/C7H12O3Si/c1-5(2)7(8)10-6(3)11-9-4/h6H,1H2,2-4H3. The second-order valence-corrected chi connectivity index (χ2v) is 3.61. The van der Waals surface area contributed by atoms with Crippen LogP contribution >= 0.6 is 0 Å². The molecule has 0 saturated heterocycles. The zero-order chi connectivity index (χ0) is 8.85. The topological polar surface area (TPSA) is 35.5 Å². The molecule has 0 fully saturated rings. The minimum Gasteiger partial charge on any atom is -0.461 e. The van der Waals surface area contributed by atoms with Gasteiger partial charge in [-0.15, -0.1) is 0 Å². The van der Waals surface area contributed by atoms with E-state index in [4.69, 9.17) is 9.16 Å². The smallest absolute Gasteiger partial charge is 0.333 e. The summed E-state index contributed by atoms with van der Waals surface area (Å²) in [5.41, 5.74) is 0.238. The predicted molar refractivity (Wildman–Crippen MR) is 43.1 cm³/mol. The Morgan fingerprint density at radius 3 is 2.55 bits per heavy atom. The molecule has 1 unspecified atom stereocenters. The molecule has 0 saturated carbocycles. The fraction of sp³-hybridized carbons (Fsp3) is 0.571. The van der Waals surface area contributed by atoms with Crippen LogP contribution in [0.5, 0.6) is 0 Å². The Morgan fingerprint density at radius 1 is 1.64 bits per heavy atom. The second kappa shape index (κ2) is 5.09. The first-order chi connectivity index (χ1) is 5.07. The van der Waals surface area contributed by atoms with Crippen molar-refractivity contribution >= 4 is 15.7 Å². The van der Waals surface area contributed by atoms with Crippen molar-refractivity contribution in [1.29, 1.82) is 0 Å². The molecule has 2 radical (unpaired) electrons. The van der Waals surface area contributed by atoms with Gasteiger partial charge in [0, 0.05) is 12.7 Å². The number of rotatable bonds is 4. The van der Waals surface area contributed by atoms with E-state index in [0.29, 0.717) is 5.57 Å². The zero-order valence-corrected chi connectivity index (χ0v) is 8.01. The molecule has 11 heavy (non-hydrogen) atoms. The van der Waals surface area contributed by atoms with Crippen LogP contribution in [0.15, 0.2) is 12.2 Å². The number of carbonyl (C=O) groups is 1. The lowest BCUT2D eigenvalue weighted by Gasteiger charge is -2.09. The van der Waals surface area contributed by atoms with Crippen LogP contribution in [0, 0.1) is 0 Å². The van der Waals surface area contributed by atoms with Gasteiger partial charge < -0.3 is 9.16 Å². The van der Waals surface area contributed by atoms with Crippen LogP contribution in [0.3, 0.4) is 0 Å². The molecule has 0 aliphatic rings. The van der Waals surface area contributed by atoms with Crippen molar-refractivity contribution in [1.82, 2.24) is 0 Å². The Labute approximate surface area is 69.3 Å². The van der Waals surface area contributed by atoms with Gasteiger partial charge in [-0.3, -0.25) is 0 Å². The van der Waals surface area contributed by atoms with E-state index in [1.807, 2.05) is 0 Å². The van der Waals surface area contributed by atoms with Crippen molar-refractivity contribution in [2.45, 2.75) is 19.6 Å². The normalized spacial score (nSPS) is 12.3. The molecule has 0 N–H and O–H groups in total. The minimum absolute atomic E-state index is 0.177. The highest BCUT2D eigenvalue weighted by Gasteiger charge is 2.10. The van der Waals surface area contributed by atoms with Gasteiger partial charge in [0.25, 0.3) is 9.76 Å². The summed E-state index contributed by atoms with van der Waals surface area (Å²) in [4.78, 5) is 10.9. The summed E-state index contributed by atoms with van der Waals surface area (Å²) >= 11 is 0. The summed E-state index contributed by atoms with van der Waals surface area (Å²) in [7, 11) is 1.76. The number of hydrogen-bond donors (Lipinski definition) is 0. The van der Waals surface area contributed by atoms with Gasteiger partial charge >= 0.3 is 5.97 Å². The average molecular weight is 172 g/mol. The number of ether oxygens (including phenoxy) is 1. The Kier molecular flexibility index (Phi) is 4.81. The van der Waals surface area contributed by atoms with Gasteiger partial charge in [-0.1, -0.05) is 6.58 Å². The fourth-order valence-corrected chi connectivity index (χ4v) is 0.938. The maximum Gasteiger partial charge on any atom is 0.333 e. The van der Waals surface area contributed by atoms with Crippen molar-refractivity contribution in [3.63, 3.8) is 0 Å². The highest BCUT2D eigenvalue weighted by molar-refractivity contribution is 6.29. The van der Waals surface area contributed by atoms with Gasteiger partial charge in [0.2, 0.25) is 0 Å². The molecular weight excluding hydrogens is 160 g/mol. The van der Waals surface area contributed by atoms with Gasteiger partial charge in [-0.25, -0.2) is 4.79 Å². The summed E-state index contributed by atoms with van der Waals surface area (Å²) < 4.78 is 9.71. The molecule has 0 aromatic heterocycles. The van der Waals surface area contributed by atoms with Crippen molar-refractivity contribution in [2.75, 3.05) is 7.11 Å². The van der Waals surface area contributed by atoms with E-state index in [2.05, 4.69) is 6.58 Å². The van der Waals surface area contributed by atoms with Crippen molar-refractivity contribution in [2.24, 2.45) is 0 Å². The molecule has 0 rings (SSSR count). The molecule has 1 atom stereocenters. The average Bonchev–Trinajstić information content (AvgIpc) is 1.87. The van der Waals surface area contributed by atoms with Crippen molar-refractivity contribution in [3.05, 3.63) is 12.2 Å². The summed E-state index contributed by atoms with van der Waals surface area (Å²) in [5.74, 6) is -0.359. The van der Waals surface area contributed by atoms with Gasteiger partial charge in [0.1, 0.15) is 5.73 Å². The lowest BCUT2D eigenvalue weighted by molar-refractivity contribution is -0.140. The van der Waals surface area contributed by atoms with E-state index < -0.39 is 0 Å². The second-order valence-electron chi connectivity index (χ2n) is 2.15. The first kappa shape index (κ1) is 10.4. The molecule has 62 valence electrons.